The molecule has 11 heteroatoms. The van der Waals surface area contributed by atoms with Gasteiger partial charge in [0.15, 0.2) is 4.90 Å². The van der Waals surface area contributed by atoms with Gasteiger partial charge in [-0.1, -0.05) is 29.6 Å². The van der Waals surface area contributed by atoms with Crippen LogP contribution in [0.2, 0.25) is 10.0 Å². The molecule has 0 spiro atoms. The van der Waals surface area contributed by atoms with Crippen LogP contribution in [0.5, 0.6) is 0 Å². The van der Waals surface area contributed by atoms with E-state index in [0.29, 0.717) is 21.2 Å². The van der Waals surface area contributed by atoms with Crippen molar-refractivity contribution in [2.24, 2.45) is 0 Å². The summed E-state index contributed by atoms with van der Waals surface area (Å²) in [5.74, 6) is -0.281. The highest BCUT2D eigenvalue weighted by Gasteiger charge is 2.38. The quantitative estimate of drug-likeness (QED) is 0.351. The lowest BCUT2D eigenvalue weighted by atomic mass is 10.0. The summed E-state index contributed by atoms with van der Waals surface area (Å²) in [4.78, 5) is 15.4. The van der Waals surface area contributed by atoms with Crippen molar-refractivity contribution in [3.8, 4) is 0 Å². The van der Waals surface area contributed by atoms with E-state index in [1.165, 1.54) is 6.07 Å². The molecule has 1 unspecified atom stereocenters. The van der Waals surface area contributed by atoms with Gasteiger partial charge < -0.3 is 9.87 Å². The van der Waals surface area contributed by atoms with Crippen molar-refractivity contribution in [1.29, 1.82) is 0 Å². The van der Waals surface area contributed by atoms with Crippen molar-refractivity contribution >= 4 is 52.4 Å². The van der Waals surface area contributed by atoms with Gasteiger partial charge in [0.25, 0.3) is 5.91 Å². The number of benzene rings is 2. The van der Waals surface area contributed by atoms with Gasteiger partial charge >= 0.3 is 5.25 Å². The minimum absolute atomic E-state index is 0.0162. The van der Waals surface area contributed by atoms with E-state index in [1.807, 2.05) is 4.90 Å². The number of halogens is 5. The van der Waals surface area contributed by atoms with Crippen molar-refractivity contribution in [1.82, 2.24) is 10.2 Å². The Bertz CT molecular complexity index is 1020. The summed E-state index contributed by atoms with van der Waals surface area (Å²) in [6.07, 6.45) is 2.99. The first-order valence-corrected chi connectivity index (χ1v) is 13.6. The third-order valence-electron chi connectivity index (χ3n) is 5.67. The fraction of sp³-hybridized carbons (Fsp3) is 0.435. The Morgan fingerprint density at radius 3 is 2.56 bits per heavy atom. The van der Waals surface area contributed by atoms with Crippen molar-refractivity contribution in [3.63, 3.8) is 0 Å². The summed E-state index contributed by atoms with van der Waals surface area (Å²) in [6.45, 7) is 3.39. The van der Waals surface area contributed by atoms with Crippen LogP contribution in [0.25, 0.3) is 0 Å². The zero-order chi connectivity index (χ0) is 24.9. The highest BCUT2D eigenvalue weighted by Crippen LogP contribution is 2.44. The zero-order valence-corrected chi connectivity index (χ0v) is 21.7. The molecule has 1 amide bonds. The molecule has 34 heavy (non-hydrogen) atoms. The Balaban J connectivity index is 1.87. The molecule has 1 heterocycles. The number of hydrogen-bond donors (Lipinski definition) is 1. The lowest BCUT2D eigenvalue weighted by molar-refractivity contribution is 0.0942. The van der Waals surface area contributed by atoms with Gasteiger partial charge in [-0.3, -0.25) is 9.69 Å². The Kier molecular flexibility index (Phi) is 9.89. The molecule has 1 aliphatic heterocycles. The van der Waals surface area contributed by atoms with Crippen LogP contribution in [-0.2, 0) is 29.5 Å². The van der Waals surface area contributed by atoms with Crippen LogP contribution in [0.15, 0.2) is 35.2 Å². The topological polar surface area (TPSA) is 55.4 Å². The highest BCUT2D eigenvalue weighted by atomic mass is 35.5. The van der Waals surface area contributed by atoms with E-state index >= 15 is 0 Å². The Labute approximate surface area is 215 Å². The largest absolute Gasteiger partial charge is 0.611 e. The van der Waals surface area contributed by atoms with Crippen molar-refractivity contribution in [3.05, 3.63) is 62.6 Å². The minimum atomic E-state index is -3.86. The predicted octanol–water partition coefficient (Wildman–Crippen LogP) is 6.70. The molecule has 1 saturated heterocycles. The van der Waals surface area contributed by atoms with Crippen LogP contribution in [0.3, 0.4) is 0 Å². The number of carbonyl (C=O) groups excluding carboxylic acids is 1. The summed E-state index contributed by atoms with van der Waals surface area (Å²) < 4.78 is 54.6. The maximum absolute atomic E-state index is 14.5. The van der Waals surface area contributed by atoms with Crippen LogP contribution < -0.4 is 5.32 Å². The molecule has 3 rings (SSSR count). The number of likely N-dealkylation sites (tertiary alicyclic amines) is 1. The average Bonchev–Trinajstić information content (AvgIpc) is 2.83. The molecule has 0 aliphatic carbocycles. The number of carbonyl (C=O) groups is 1. The first-order chi connectivity index (χ1) is 16.2. The van der Waals surface area contributed by atoms with Crippen molar-refractivity contribution < 1.29 is 22.0 Å². The van der Waals surface area contributed by atoms with E-state index < -0.39 is 40.0 Å². The van der Waals surface area contributed by atoms with Crippen LogP contribution in [-0.4, -0.2) is 34.2 Å². The van der Waals surface area contributed by atoms with E-state index in [-0.39, 0.29) is 29.2 Å². The van der Waals surface area contributed by atoms with E-state index in [4.69, 9.17) is 23.2 Å². The number of nitrogens with one attached hydrogen (secondary N) is 1. The summed E-state index contributed by atoms with van der Waals surface area (Å²) in [5.41, 5.74) is -0.0560. The molecule has 186 valence electrons. The van der Waals surface area contributed by atoms with Crippen LogP contribution in [0.4, 0.5) is 12.7 Å². The average molecular weight is 553 g/mol. The molecule has 0 saturated carbocycles. The van der Waals surface area contributed by atoms with Crippen LogP contribution in [0.1, 0.15) is 53.2 Å². The molecule has 1 aliphatic rings. The third-order valence-corrected chi connectivity index (χ3v) is 8.07. The smallest absolute Gasteiger partial charge is 0.348 e. The predicted molar refractivity (Wildman–Crippen MR) is 133 cm³/mol. The maximum atomic E-state index is 14.5. The summed E-state index contributed by atoms with van der Waals surface area (Å²) in [7, 11) is 0. The third kappa shape index (κ3) is 6.77. The first-order valence-electron chi connectivity index (χ1n) is 10.8. The fourth-order valence-electron chi connectivity index (χ4n) is 3.91. The van der Waals surface area contributed by atoms with Gasteiger partial charge in [0.05, 0.1) is 0 Å². The molecular formula is C23H25Cl2F3N2O2S2. The number of nitrogens with zero attached hydrogens (tertiary/aromatic N) is 1. The minimum Gasteiger partial charge on any atom is -0.611 e. The standard InChI is InChI=1S/C23H25Cl2F3N2O2S2/c1-2-34(32)21-7-6-17(24)10-16(21)13-29-22(31)15-11-19(23(26,27)33-28)18(20(25)12-15)14-30-8-4-3-5-9-30/h6-7,10-12H,2-5,8-9,13-14H2,1H3,(H,29,31). The lowest BCUT2D eigenvalue weighted by Gasteiger charge is -2.28. The molecule has 1 N–H and O–H groups in total. The van der Waals surface area contributed by atoms with Gasteiger partial charge in [-0.2, -0.15) is 12.7 Å². The van der Waals surface area contributed by atoms with Crippen LogP contribution >= 0.6 is 35.3 Å². The van der Waals surface area contributed by atoms with Gasteiger partial charge in [0.1, 0.15) is 17.9 Å². The Morgan fingerprint density at radius 2 is 1.91 bits per heavy atom. The molecule has 1 atom stereocenters. The van der Waals surface area contributed by atoms with Gasteiger partial charge in [0.2, 0.25) is 0 Å². The second-order valence-corrected chi connectivity index (χ2v) is 11.2. The number of hydrogen-bond acceptors (Lipinski definition) is 4. The van der Waals surface area contributed by atoms with Gasteiger partial charge in [-0.25, -0.2) is 0 Å². The van der Waals surface area contributed by atoms with E-state index in [1.54, 1.807) is 25.1 Å². The first kappa shape index (κ1) is 27.5. The Hall–Kier alpha value is -1.10. The van der Waals surface area contributed by atoms with Gasteiger partial charge in [0, 0.05) is 39.8 Å². The summed E-state index contributed by atoms with van der Waals surface area (Å²) in [5, 5.41) is -0.824. The molecular weight excluding hydrogens is 528 g/mol. The monoisotopic (exact) mass is 552 g/mol. The molecule has 0 radical (unpaired) electrons. The van der Waals surface area contributed by atoms with Gasteiger partial charge in [-0.15, -0.1) is 0 Å². The van der Waals surface area contributed by atoms with E-state index in [0.717, 1.165) is 38.4 Å². The highest BCUT2D eigenvalue weighted by molar-refractivity contribution is 7.94. The Morgan fingerprint density at radius 1 is 1.21 bits per heavy atom. The summed E-state index contributed by atoms with van der Waals surface area (Å²) in [6, 6.07) is 7.16. The second kappa shape index (κ2) is 12.2. The number of alkyl halides is 2. The molecule has 0 bridgehead atoms. The zero-order valence-electron chi connectivity index (χ0n) is 18.5. The maximum Gasteiger partial charge on any atom is 0.348 e. The fourth-order valence-corrected chi connectivity index (χ4v) is 5.61. The summed E-state index contributed by atoms with van der Waals surface area (Å²) >= 11 is 10.0. The molecule has 1 fully saturated rings. The van der Waals surface area contributed by atoms with E-state index in [2.05, 4.69) is 5.32 Å². The SMILES string of the molecule is CC[S+]([O-])c1ccc(Cl)cc1CNC(=O)c1cc(Cl)c(CN2CCCCC2)c(C(F)(F)SF)c1. The normalized spacial score (nSPS) is 15.9. The molecule has 2 aromatic carbocycles. The lowest BCUT2D eigenvalue weighted by Crippen LogP contribution is -2.30. The molecule has 4 nitrogen and oxygen atoms in total. The van der Waals surface area contributed by atoms with Crippen LogP contribution in [0, 0.1) is 0 Å². The molecule has 2 aromatic rings. The van der Waals surface area contributed by atoms with Crippen molar-refractivity contribution in [2.45, 2.75) is 49.4 Å². The van der Waals surface area contributed by atoms with E-state index in [9.17, 15) is 22.0 Å². The number of amides is 1. The molecule has 0 aromatic heterocycles. The number of piperidine rings is 1. The second-order valence-electron chi connectivity index (χ2n) is 7.98. The van der Waals surface area contributed by atoms with Gasteiger partial charge in [-0.05, 0) is 79.9 Å². The number of rotatable bonds is 9. The van der Waals surface area contributed by atoms with Crippen molar-refractivity contribution in [2.75, 3.05) is 18.8 Å².